The monoisotopic (exact) mass is 270 g/mol. The molecule has 0 N–H and O–H groups in total. The van der Waals surface area contributed by atoms with E-state index in [2.05, 4.69) is 25.1 Å². The standard InChI is InChI=1S/C17H22N2O/c1-14(15-8-4-3-5-9-15)19-13-7-6-10-17(2,11-12-18)16(19)20/h3-5,8-9,14H,6-7,10-11,13H2,1-2H3/t14-,17?/m0/s1. The van der Waals surface area contributed by atoms with E-state index in [4.69, 9.17) is 5.26 Å². The molecule has 1 aliphatic rings. The first-order chi connectivity index (χ1) is 9.58. The number of hydrogen-bond donors (Lipinski definition) is 0. The zero-order valence-electron chi connectivity index (χ0n) is 12.3. The lowest BCUT2D eigenvalue weighted by Gasteiger charge is -2.34. The van der Waals surface area contributed by atoms with E-state index in [1.54, 1.807) is 0 Å². The van der Waals surface area contributed by atoms with Crippen molar-refractivity contribution in [3.63, 3.8) is 0 Å². The molecule has 1 amide bonds. The molecule has 20 heavy (non-hydrogen) atoms. The first-order valence-corrected chi connectivity index (χ1v) is 7.31. The van der Waals surface area contributed by atoms with E-state index in [0.717, 1.165) is 31.4 Å². The van der Waals surface area contributed by atoms with Crippen molar-refractivity contribution in [3.05, 3.63) is 35.9 Å². The van der Waals surface area contributed by atoms with Gasteiger partial charge in [0.15, 0.2) is 0 Å². The predicted octanol–water partition coefficient (Wildman–Crippen LogP) is 3.68. The molecule has 106 valence electrons. The largest absolute Gasteiger partial charge is 0.335 e. The van der Waals surface area contributed by atoms with E-state index in [0.29, 0.717) is 6.42 Å². The molecule has 2 rings (SSSR count). The van der Waals surface area contributed by atoms with Gasteiger partial charge in [0, 0.05) is 13.0 Å². The van der Waals surface area contributed by atoms with Crippen molar-refractivity contribution >= 4 is 5.91 Å². The van der Waals surface area contributed by atoms with Crippen molar-refractivity contribution in [3.8, 4) is 6.07 Å². The second-order valence-corrected chi connectivity index (χ2v) is 5.94. The zero-order valence-corrected chi connectivity index (χ0v) is 12.3. The summed E-state index contributed by atoms with van der Waals surface area (Å²) in [7, 11) is 0. The van der Waals surface area contributed by atoms with E-state index in [-0.39, 0.29) is 11.9 Å². The Morgan fingerprint density at radius 1 is 1.35 bits per heavy atom. The molecule has 1 fully saturated rings. The van der Waals surface area contributed by atoms with Gasteiger partial charge in [0.2, 0.25) is 5.91 Å². The van der Waals surface area contributed by atoms with Crippen LogP contribution in [0.4, 0.5) is 0 Å². The highest BCUT2D eigenvalue weighted by Gasteiger charge is 2.39. The highest BCUT2D eigenvalue weighted by atomic mass is 16.2. The fourth-order valence-electron chi connectivity index (χ4n) is 2.97. The average molecular weight is 270 g/mol. The lowest BCUT2D eigenvalue weighted by molar-refractivity contribution is -0.142. The second kappa shape index (κ2) is 6.09. The van der Waals surface area contributed by atoms with E-state index in [9.17, 15) is 4.79 Å². The number of nitriles is 1. The summed E-state index contributed by atoms with van der Waals surface area (Å²) in [6.45, 7) is 4.80. The van der Waals surface area contributed by atoms with Gasteiger partial charge in [-0.05, 0) is 32.3 Å². The molecule has 0 aromatic heterocycles. The van der Waals surface area contributed by atoms with Crippen LogP contribution >= 0.6 is 0 Å². The average Bonchev–Trinajstić information content (AvgIpc) is 2.60. The molecular weight excluding hydrogens is 248 g/mol. The second-order valence-electron chi connectivity index (χ2n) is 5.94. The van der Waals surface area contributed by atoms with Gasteiger partial charge in [0.25, 0.3) is 0 Å². The molecule has 1 aliphatic heterocycles. The van der Waals surface area contributed by atoms with E-state index >= 15 is 0 Å². The molecule has 0 bridgehead atoms. The van der Waals surface area contributed by atoms with Crippen molar-refractivity contribution < 1.29 is 4.79 Å². The van der Waals surface area contributed by atoms with Crippen LogP contribution in [-0.4, -0.2) is 17.4 Å². The molecule has 0 aliphatic carbocycles. The topological polar surface area (TPSA) is 44.1 Å². The summed E-state index contributed by atoms with van der Waals surface area (Å²) >= 11 is 0. The first kappa shape index (κ1) is 14.6. The van der Waals surface area contributed by atoms with Gasteiger partial charge in [-0.15, -0.1) is 0 Å². The summed E-state index contributed by atoms with van der Waals surface area (Å²) in [5.41, 5.74) is 0.635. The summed E-state index contributed by atoms with van der Waals surface area (Å²) in [6, 6.07) is 12.4. The Kier molecular flexibility index (Phi) is 4.44. The van der Waals surface area contributed by atoms with Gasteiger partial charge in [-0.3, -0.25) is 4.79 Å². The minimum absolute atomic E-state index is 0.0693. The van der Waals surface area contributed by atoms with Gasteiger partial charge in [-0.2, -0.15) is 5.26 Å². The highest BCUT2D eigenvalue weighted by molar-refractivity contribution is 5.83. The maximum absolute atomic E-state index is 12.8. The Morgan fingerprint density at radius 3 is 2.70 bits per heavy atom. The molecule has 3 heteroatoms. The summed E-state index contributed by atoms with van der Waals surface area (Å²) in [6.07, 6.45) is 3.16. The minimum atomic E-state index is -0.520. The van der Waals surface area contributed by atoms with Crippen LogP contribution in [0.3, 0.4) is 0 Å². The number of nitrogens with zero attached hydrogens (tertiary/aromatic N) is 2. The number of amides is 1. The molecule has 1 heterocycles. The molecule has 0 saturated carbocycles. The zero-order chi connectivity index (χ0) is 14.6. The molecule has 1 aromatic rings. The van der Waals surface area contributed by atoms with Crippen molar-refractivity contribution in [1.29, 1.82) is 5.26 Å². The molecule has 0 radical (unpaired) electrons. The smallest absolute Gasteiger partial charge is 0.230 e. The summed E-state index contributed by atoms with van der Waals surface area (Å²) in [4.78, 5) is 14.8. The Balaban J connectivity index is 2.26. The van der Waals surface area contributed by atoms with Gasteiger partial charge in [-0.1, -0.05) is 36.8 Å². The number of hydrogen-bond acceptors (Lipinski definition) is 2. The van der Waals surface area contributed by atoms with Crippen LogP contribution in [0.25, 0.3) is 0 Å². The third-order valence-corrected chi connectivity index (χ3v) is 4.37. The van der Waals surface area contributed by atoms with Crippen LogP contribution < -0.4 is 0 Å². The van der Waals surface area contributed by atoms with Gasteiger partial charge in [0.1, 0.15) is 0 Å². The number of benzene rings is 1. The lowest BCUT2D eigenvalue weighted by atomic mass is 9.81. The van der Waals surface area contributed by atoms with Gasteiger partial charge in [0.05, 0.1) is 17.5 Å². The van der Waals surface area contributed by atoms with Crippen LogP contribution in [0.5, 0.6) is 0 Å². The van der Waals surface area contributed by atoms with Crippen LogP contribution in [0, 0.1) is 16.7 Å². The molecule has 1 unspecified atom stereocenters. The maximum atomic E-state index is 12.8. The SMILES string of the molecule is C[C@@H](c1ccccc1)N1CCCCC(C)(CC#N)C1=O. The number of likely N-dealkylation sites (tertiary alicyclic amines) is 1. The summed E-state index contributed by atoms with van der Waals surface area (Å²) < 4.78 is 0. The van der Waals surface area contributed by atoms with Crippen molar-refractivity contribution in [1.82, 2.24) is 4.90 Å². The summed E-state index contributed by atoms with van der Waals surface area (Å²) in [5.74, 6) is 0.132. The Morgan fingerprint density at radius 2 is 2.05 bits per heavy atom. The normalized spacial score (nSPS) is 24.9. The Hall–Kier alpha value is -1.82. The molecule has 2 atom stereocenters. The minimum Gasteiger partial charge on any atom is -0.335 e. The van der Waals surface area contributed by atoms with E-state index < -0.39 is 5.41 Å². The predicted molar refractivity (Wildman–Crippen MR) is 78.8 cm³/mol. The van der Waals surface area contributed by atoms with Crippen LogP contribution in [0.2, 0.25) is 0 Å². The van der Waals surface area contributed by atoms with E-state index in [1.807, 2.05) is 30.0 Å². The Labute approximate surface area is 121 Å². The quantitative estimate of drug-likeness (QED) is 0.841. The molecule has 0 spiro atoms. The van der Waals surface area contributed by atoms with Crippen molar-refractivity contribution in [2.45, 2.75) is 45.6 Å². The molecule has 1 saturated heterocycles. The third kappa shape index (κ3) is 2.85. The summed E-state index contributed by atoms with van der Waals surface area (Å²) in [5, 5.41) is 9.01. The lowest BCUT2D eigenvalue weighted by Crippen LogP contribution is -2.42. The van der Waals surface area contributed by atoms with E-state index in [1.165, 1.54) is 0 Å². The number of carbonyl (C=O) groups is 1. The Bertz CT molecular complexity index is 505. The van der Waals surface area contributed by atoms with Crippen molar-refractivity contribution in [2.75, 3.05) is 6.54 Å². The molecular formula is C17H22N2O. The van der Waals surface area contributed by atoms with Crippen LogP contribution in [-0.2, 0) is 4.79 Å². The fraction of sp³-hybridized carbons (Fsp3) is 0.529. The third-order valence-electron chi connectivity index (χ3n) is 4.37. The van der Waals surface area contributed by atoms with Gasteiger partial charge >= 0.3 is 0 Å². The van der Waals surface area contributed by atoms with Crippen LogP contribution in [0.1, 0.15) is 51.1 Å². The highest BCUT2D eigenvalue weighted by Crippen LogP contribution is 2.36. The number of carbonyl (C=O) groups excluding carboxylic acids is 1. The fourth-order valence-corrected chi connectivity index (χ4v) is 2.97. The number of rotatable bonds is 3. The van der Waals surface area contributed by atoms with Gasteiger partial charge in [-0.25, -0.2) is 0 Å². The first-order valence-electron chi connectivity index (χ1n) is 7.31. The van der Waals surface area contributed by atoms with Crippen molar-refractivity contribution in [2.24, 2.45) is 5.41 Å². The molecule has 3 nitrogen and oxygen atoms in total. The van der Waals surface area contributed by atoms with Gasteiger partial charge < -0.3 is 4.90 Å². The maximum Gasteiger partial charge on any atom is 0.230 e. The molecule has 1 aromatic carbocycles. The van der Waals surface area contributed by atoms with Crippen LogP contribution in [0.15, 0.2) is 30.3 Å².